The molecule has 0 radical (unpaired) electrons. The molecule has 304 valence electrons. The zero-order valence-electron chi connectivity index (χ0n) is 37.3. The van der Waals surface area contributed by atoms with Crippen LogP contribution in [0.25, 0.3) is 45.0 Å². The zero-order chi connectivity index (χ0) is 41.7. The Hall–Kier alpha value is -4.96. The first kappa shape index (κ1) is 44.1. The molecule has 58 heavy (non-hydrogen) atoms. The normalized spacial score (nSPS) is 11.6. The van der Waals surface area contributed by atoms with Crippen LogP contribution >= 0.6 is 0 Å². The monoisotopic (exact) mass is 773 g/mol. The van der Waals surface area contributed by atoms with Crippen molar-refractivity contribution in [1.29, 1.82) is 0 Å². The van der Waals surface area contributed by atoms with Crippen LogP contribution in [0.3, 0.4) is 0 Å². The van der Waals surface area contributed by atoms with Crippen molar-refractivity contribution in [2.75, 3.05) is 0 Å². The summed E-state index contributed by atoms with van der Waals surface area (Å²) >= 11 is 0. The Morgan fingerprint density at radius 2 is 0.638 bits per heavy atom. The molecule has 0 aliphatic heterocycles. The number of aromatic nitrogens is 4. The van der Waals surface area contributed by atoms with Gasteiger partial charge in [-0.25, -0.2) is 19.9 Å². The lowest BCUT2D eigenvalue weighted by atomic mass is 9.86. The number of hydrogen-bond donors (Lipinski definition) is 0. The van der Waals surface area contributed by atoms with Crippen LogP contribution in [0.5, 0.6) is 0 Å². The summed E-state index contributed by atoms with van der Waals surface area (Å²) in [7, 11) is 0. The van der Waals surface area contributed by atoms with E-state index in [1.165, 1.54) is 86.5 Å². The van der Waals surface area contributed by atoms with Crippen molar-refractivity contribution in [2.24, 2.45) is 0 Å². The van der Waals surface area contributed by atoms with E-state index in [2.05, 4.69) is 175 Å². The van der Waals surface area contributed by atoms with Crippen molar-refractivity contribution in [1.82, 2.24) is 19.9 Å². The molecule has 2 heterocycles. The summed E-state index contributed by atoms with van der Waals surface area (Å²) < 4.78 is 0. The summed E-state index contributed by atoms with van der Waals surface area (Å²) in [5.74, 6) is 1.61. The quantitative estimate of drug-likeness (QED) is 0.103. The first-order valence-corrected chi connectivity index (χ1v) is 21.9. The molecule has 0 saturated carbocycles. The Morgan fingerprint density at radius 1 is 0.362 bits per heavy atom. The smallest absolute Gasteiger partial charge is 0.126 e. The maximum Gasteiger partial charge on any atom is 0.126 e. The van der Waals surface area contributed by atoms with Crippen LogP contribution < -0.4 is 0 Å². The predicted octanol–water partition coefficient (Wildman–Crippen LogP) is 15.1. The molecule has 0 aliphatic rings. The molecule has 6 aromatic rings. The molecule has 6 rings (SSSR count). The predicted molar refractivity (Wildman–Crippen MR) is 248 cm³/mol. The highest BCUT2D eigenvalue weighted by atomic mass is 14.9. The summed E-state index contributed by atoms with van der Waals surface area (Å²) in [6.45, 7) is 21.9. The van der Waals surface area contributed by atoms with Gasteiger partial charge in [-0.1, -0.05) is 191 Å². The van der Waals surface area contributed by atoms with Gasteiger partial charge in [0.2, 0.25) is 0 Å². The van der Waals surface area contributed by atoms with Crippen LogP contribution in [0.15, 0.2) is 109 Å². The Bertz CT molecular complexity index is 2000. The minimum Gasteiger partial charge on any atom is -0.233 e. The molecule has 0 fully saturated rings. The van der Waals surface area contributed by atoms with E-state index in [4.69, 9.17) is 9.97 Å². The van der Waals surface area contributed by atoms with E-state index in [0.717, 1.165) is 56.7 Å². The van der Waals surface area contributed by atoms with Crippen LogP contribution in [-0.2, 0) is 23.7 Å². The highest BCUT2D eigenvalue weighted by Gasteiger charge is 2.16. The van der Waals surface area contributed by atoms with Gasteiger partial charge in [-0.3, -0.25) is 0 Å². The number of rotatable bonds is 14. The molecule has 0 unspecified atom stereocenters. The molecule has 0 aliphatic carbocycles. The van der Waals surface area contributed by atoms with E-state index in [1.807, 2.05) is 13.8 Å². The Morgan fingerprint density at radius 3 is 0.897 bits per heavy atom. The van der Waals surface area contributed by atoms with E-state index < -0.39 is 0 Å². The van der Waals surface area contributed by atoms with E-state index in [0.29, 0.717) is 0 Å². The van der Waals surface area contributed by atoms with Crippen LogP contribution in [0.4, 0.5) is 0 Å². The molecule has 0 spiro atoms. The van der Waals surface area contributed by atoms with Gasteiger partial charge in [0.05, 0.1) is 22.8 Å². The number of aryl methyl sites for hydroxylation is 4. The highest BCUT2D eigenvalue weighted by molar-refractivity contribution is 5.69. The van der Waals surface area contributed by atoms with Gasteiger partial charge < -0.3 is 0 Å². The van der Waals surface area contributed by atoms with Crippen LogP contribution in [0.2, 0.25) is 0 Å². The molecule has 0 N–H and O–H groups in total. The standard InChI is InChI=1S/C29H38N2.C25H30N2/c1-4-6-8-10-12-24-14-18-26(19-15-24)28-22-29(31-23(3)30-28)27-20-16-25(17-21-27)13-11-9-7-5-2;1-17-26-22(18-8-12-20(13-9-18)24(2,3)4)16-23(27-17)19-10-14-21(15-11-19)25(5,6)7/h14-22H,4-13H2,1-3H3;8-16H,1-7H3. The molecule has 4 heteroatoms. The van der Waals surface area contributed by atoms with Crippen molar-refractivity contribution in [2.45, 2.75) is 144 Å². The van der Waals surface area contributed by atoms with Gasteiger partial charge in [0.1, 0.15) is 11.6 Å². The van der Waals surface area contributed by atoms with Gasteiger partial charge in [0, 0.05) is 22.3 Å². The van der Waals surface area contributed by atoms with Crippen molar-refractivity contribution in [3.8, 4) is 45.0 Å². The maximum absolute atomic E-state index is 4.71. The van der Waals surface area contributed by atoms with Crippen LogP contribution in [0.1, 0.15) is 141 Å². The molecular formula is C54H68N4. The topological polar surface area (TPSA) is 51.6 Å². The number of hydrogen-bond acceptors (Lipinski definition) is 4. The average Bonchev–Trinajstić information content (AvgIpc) is 3.21. The van der Waals surface area contributed by atoms with Gasteiger partial charge in [-0.2, -0.15) is 0 Å². The van der Waals surface area contributed by atoms with Gasteiger partial charge in [0.15, 0.2) is 0 Å². The molecule has 4 nitrogen and oxygen atoms in total. The lowest BCUT2D eigenvalue weighted by molar-refractivity contribution is 0.590. The summed E-state index contributed by atoms with van der Waals surface area (Å²) in [6.07, 6.45) is 12.8. The molecule has 0 amide bonds. The third-order valence-electron chi connectivity index (χ3n) is 10.9. The minimum absolute atomic E-state index is 0.153. The van der Waals surface area contributed by atoms with E-state index >= 15 is 0 Å². The summed E-state index contributed by atoms with van der Waals surface area (Å²) in [6, 6.07) is 39.5. The van der Waals surface area contributed by atoms with Gasteiger partial charge >= 0.3 is 0 Å². The first-order chi connectivity index (χ1) is 27.7. The lowest BCUT2D eigenvalue weighted by Crippen LogP contribution is -2.10. The number of benzene rings is 4. The summed E-state index contributed by atoms with van der Waals surface area (Å²) in [5, 5.41) is 0. The maximum atomic E-state index is 4.71. The average molecular weight is 773 g/mol. The molecular weight excluding hydrogens is 705 g/mol. The molecule has 0 bridgehead atoms. The summed E-state index contributed by atoms with van der Waals surface area (Å²) in [4.78, 5) is 18.8. The molecule has 0 saturated heterocycles. The number of unbranched alkanes of at least 4 members (excludes halogenated alkanes) is 6. The Labute approximate surface area is 351 Å². The second-order valence-electron chi connectivity index (χ2n) is 18.0. The summed E-state index contributed by atoms with van der Waals surface area (Å²) in [5.41, 5.74) is 14.3. The second kappa shape index (κ2) is 20.6. The van der Waals surface area contributed by atoms with Gasteiger partial charge in [-0.05, 0) is 84.7 Å². The largest absolute Gasteiger partial charge is 0.233 e. The zero-order valence-corrected chi connectivity index (χ0v) is 37.3. The van der Waals surface area contributed by atoms with Crippen molar-refractivity contribution in [3.05, 3.63) is 143 Å². The molecule has 2 aromatic heterocycles. The third-order valence-corrected chi connectivity index (χ3v) is 10.9. The SMILES string of the molecule is CCCCCCc1ccc(-c2cc(-c3ccc(CCCCCC)cc3)nc(C)n2)cc1.Cc1nc(-c2ccc(C(C)(C)C)cc2)cc(-c2ccc(C(C)(C)C)cc2)n1. The van der Waals surface area contributed by atoms with Crippen LogP contribution in [0, 0.1) is 13.8 Å². The molecule has 4 aromatic carbocycles. The van der Waals surface area contributed by atoms with E-state index in [9.17, 15) is 0 Å². The lowest BCUT2D eigenvalue weighted by Gasteiger charge is -2.19. The van der Waals surface area contributed by atoms with E-state index in [-0.39, 0.29) is 10.8 Å². The van der Waals surface area contributed by atoms with Crippen molar-refractivity contribution >= 4 is 0 Å². The Kier molecular flexibility index (Phi) is 15.7. The fourth-order valence-electron chi connectivity index (χ4n) is 7.21. The Balaban J connectivity index is 0.000000223. The first-order valence-electron chi connectivity index (χ1n) is 21.9. The van der Waals surface area contributed by atoms with Crippen molar-refractivity contribution in [3.63, 3.8) is 0 Å². The van der Waals surface area contributed by atoms with Gasteiger partial charge in [-0.15, -0.1) is 0 Å². The van der Waals surface area contributed by atoms with Gasteiger partial charge in [0.25, 0.3) is 0 Å². The van der Waals surface area contributed by atoms with Crippen LogP contribution in [-0.4, -0.2) is 19.9 Å². The minimum atomic E-state index is 0.153. The fourth-order valence-corrected chi connectivity index (χ4v) is 7.21. The fraction of sp³-hybridized carbons (Fsp3) is 0.407. The van der Waals surface area contributed by atoms with E-state index in [1.54, 1.807) is 0 Å². The number of nitrogens with zero attached hydrogens (tertiary/aromatic N) is 4. The molecule has 0 atom stereocenters. The third kappa shape index (κ3) is 13.0. The second-order valence-corrected chi connectivity index (χ2v) is 18.0. The highest BCUT2D eigenvalue weighted by Crippen LogP contribution is 2.30. The van der Waals surface area contributed by atoms with Crippen molar-refractivity contribution < 1.29 is 0 Å².